The minimum absolute atomic E-state index is 0.0714. The Labute approximate surface area is 146 Å². The van der Waals surface area contributed by atoms with Gasteiger partial charge in [-0.3, -0.25) is 4.79 Å². The maximum Gasteiger partial charge on any atom is 0.326 e. The highest BCUT2D eigenvalue weighted by molar-refractivity contribution is 9.10. The van der Waals surface area contributed by atoms with Crippen molar-refractivity contribution in [3.63, 3.8) is 0 Å². The van der Waals surface area contributed by atoms with Crippen molar-refractivity contribution in [3.8, 4) is 5.69 Å². The number of nitrogens with one attached hydrogen (secondary N) is 1. The first-order chi connectivity index (χ1) is 11.4. The van der Waals surface area contributed by atoms with Gasteiger partial charge in [-0.2, -0.15) is 5.10 Å². The highest BCUT2D eigenvalue weighted by Crippen LogP contribution is 2.18. The van der Waals surface area contributed by atoms with E-state index in [1.54, 1.807) is 6.20 Å². The van der Waals surface area contributed by atoms with Crippen LogP contribution < -0.4 is 5.32 Å². The van der Waals surface area contributed by atoms with Crippen LogP contribution in [-0.4, -0.2) is 32.8 Å². The molecule has 1 aromatic carbocycles. The van der Waals surface area contributed by atoms with Gasteiger partial charge >= 0.3 is 5.97 Å². The Morgan fingerprint density at radius 1 is 1.38 bits per heavy atom. The normalized spacial score (nSPS) is 12.0. The Hall–Kier alpha value is -2.22. The van der Waals surface area contributed by atoms with Crippen LogP contribution in [0.25, 0.3) is 5.69 Å². The summed E-state index contributed by atoms with van der Waals surface area (Å²) in [5.41, 5.74) is 0.652. The fourth-order valence-electron chi connectivity index (χ4n) is 2.13. The molecule has 2 N–H and O–H groups in total. The van der Waals surface area contributed by atoms with Gasteiger partial charge in [0.1, 0.15) is 11.9 Å². The molecular weight excluding hydrogens is 381 g/mol. The lowest BCUT2D eigenvalue weighted by Crippen LogP contribution is -2.41. The fraction of sp³-hybridized carbons (Fsp3) is 0.312. The zero-order chi connectivity index (χ0) is 17.7. The van der Waals surface area contributed by atoms with Gasteiger partial charge in [0.05, 0.1) is 10.2 Å². The number of carboxylic acids is 1. The number of unbranched alkanes of at least 4 members (excludes halogenated alkanes) is 1. The standard InChI is InChI=1S/C16H17BrFN3O3/c1-2-3-4-13(16(23)24)19-15(22)14-12(17)9-21(20-14)11-7-5-10(18)6-8-11/h5-9,13H,2-4H2,1H3,(H,19,22)(H,23,24)/t13-/m0/s1. The van der Waals surface area contributed by atoms with Gasteiger partial charge in [-0.25, -0.2) is 13.9 Å². The first kappa shape index (κ1) is 18.1. The highest BCUT2D eigenvalue weighted by Gasteiger charge is 2.23. The summed E-state index contributed by atoms with van der Waals surface area (Å²) in [6.07, 6.45) is 3.45. The molecule has 0 bridgehead atoms. The third-order valence-electron chi connectivity index (χ3n) is 3.43. The molecule has 24 heavy (non-hydrogen) atoms. The minimum atomic E-state index is -1.08. The molecule has 2 rings (SSSR count). The zero-order valence-electron chi connectivity index (χ0n) is 13.0. The smallest absolute Gasteiger partial charge is 0.326 e. The topological polar surface area (TPSA) is 84.2 Å². The van der Waals surface area contributed by atoms with Crippen LogP contribution >= 0.6 is 15.9 Å². The molecule has 0 saturated carbocycles. The van der Waals surface area contributed by atoms with Gasteiger partial charge in [0.15, 0.2) is 5.69 Å². The molecule has 2 aromatic rings. The minimum Gasteiger partial charge on any atom is -0.480 e. The Morgan fingerprint density at radius 2 is 2.04 bits per heavy atom. The second kappa shape index (κ2) is 8.05. The molecule has 128 valence electrons. The summed E-state index contributed by atoms with van der Waals surface area (Å²) in [5, 5.41) is 15.8. The summed E-state index contributed by atoms with van der Waals surface area (Å²) >= 11 is 3.24. The molecule has 1 heterocycles. The van der Waals surface area contributed by atoms with Gasteiger partial charge < -0.3 is 10.4 Å². The lowest BCUT2D eigenvalue weighted by atomic mass is 10.1. The van der Waals surface area contributed by atoms with Crippen LogP contribution in [0.15, 0.2) is 34.9 Å². The van der Waals surface area contributed by atoms with Crippen molar-refractivity contribution in [2.45, 2.75) is 32.2 Å². The van der Waals surface area contributed by atoms with Crippen LogP contribution in [0.1, 0.15) is 36.7 Å². The van der Waals surface area contributed by atoms with Crippen LogP contribution in [0.2, 0.25) is 0 Å². The molecule has 0 saturated heterocycles. The van der Waals surface area contributed by atoms with E-state index in [1.807, 2.05) is 6.92 Å². The first-order valence-corrected chi connectivity index (χ1v) is 8.26. The van der Waals surface area contributed by atoms with Crippen LogP contribution in [0.5, 0.6) is 0 Å². The van der Waals surface area contributed by atoms with Crippen molar-refractivity contribution in [2.24, 2.45) is 0 Å². The number of rotatable bonds is 7. The third kappa shape index (κ3) is 4.41. The summed E-state index contributed by atoms with van der Waals surface area (Å²) < 4.78 is 14.8. The molecule has 0 spiro atoms. The molecule has 0 aliphatic heterocycles. The van der Waals surface area contributed by atoms with Gasteiger partial charge in [0, 0.05) is 6.20 Å². The van der Waals surface area contributed by atoms with E-state index in [2.05, 4.69) is 26.3 Å². The van der Waals surface area contributed by atoms with E-state index in [9.17, 15) is 19.1 Å². The van der Waals surface area contributed by atoms with Gasteiger partial charge in [-0.1, -0.05) is 19.8 Å². The molecule has 0 aliphatic carbocycles. The number of carboxylic acid groups (broad SMARTS) is 1. The molecule has 1 amide bonds. The molecule has 0 unspecified atom stereocenters. The largest absolute Gasteiger partial charge is 0.480 e. The third-order valence-corrected chi connectivity index (χ3v) is 4.01. The maximum atomic E-state index is 13.0. The number of amides is 1. The summed E-state index contributed by atoms with van der Waals surface area (Å²) in [4.78, 5) is 23.5. The molecular formula is C16H17BrFN3O3. The average Bonchev–Trinajstić information content (AvgIpc) is 2.93. The Morgan fingerprint density at radius 3 is 2.62 bits per heavy atom. The van der Waals surface area contributed by atoms with Crippen molar-refractivity contribution in [1.82, 2.24) is 15.1 Å². The van der Waals surface area contributed by atoms with Crippen molar-refractivity contribution < 1.29 is 19.1 Å². The number of aromatic nitrogens is 2. The average molecular weight is 398 g/mol. The van der Waals surface area contributed by atoms with E-state index in [-0.39, 0.29) is 11.5 Å². The fourth-order valence-corrected chi connectivity index (χ4v) is 2.58. The van der Waals surface area contributed by atoms with Gasteiger partial charge in [-0.15, -0.1) is 0 Å². The van der Waals surface area contributed by atoms with Crippen molar-refractivity contribution in [2.75, 3.05) is 0 Å². The van der Waals surface area contributed by atoms with E-state index >= 15 is 0 Å². The van der Waals surface area contributed by atoms with E-state index in [0.717, 1.165) is 6.42 Å². The lowest BCUT2D eigenvalue weighted by molar-refractivity contribution is -0.139. The van der Waals surface area contributed by atoms with Crippen LogP contribution in [0.4, 0.5) is 4.39 Å². The van der Waals surface area contributed by atoms with E-state index in [0.29, 0.717) is 23.0 Å². The number of carbonyl (C=O) groups is 2. The number of nitrogens with zero attached hydrogens (tertiary/aromatic N) is 2. The Bertz CT molecular complexity index is 731. The number of hydrogen-bond donors (Lipinski definition) is 2. The number of aliphatic carboxylic acids is 1. The number of hydrogen-bond acceptors (Lipinski definition) is 3. The summed E-state index contributed by atoms with van der Waals surface area (Å²) in [7, 11) is 0. The van der Waals surface area contributed by atoms with Gasteiger partial charge in [-0.05, 0) is 46.6 Å². The maximum absolute atomic E-state index is 13.0. The quantitative estimate of drug-likeness (QED) is 0.751. The van der Waals surface area contributed by atoms with Crippen LogP contribution in [0, 0.1) is 5.82 Å². The molecule has 0 radical (unpaired) electrons. The molecule has 8 heteroatoms. The second-order valence-electron chi connectivity index (χ2n) is 5.25. The van der Waals surface area contributed by atoms with E-state index in [4.69, 9.17) is 0 Å². The van der Waals surface area contributed by atoms with E-state index < -0.39 is 17.9 Å². The molecule has 6 nitrogen and oxygen atoms in total. The lowest BCUT2D eigenvalue weighted by Gasteiger charge is -2.13. The highest BCUT2D eigenvalue weighted by atomic mass is 79.9. The molecule has 1 atom stereocenters. The monoisotopic (exact) mass is 397 g/mol. The van der Waals surface area contributed by atoms with Crippen LogP contribution in [-0.2, 0) is 4.79 Å². The predicted octanol–water partition coefficient (Wildman–Crippen LogP) is 3.15. The number of carbonyl (C=O) groups excluding carboxylic acids is 1. The van der Waals surface area contributed by atoms with Crippen molar-refractivity contribution >= 4 is 27.8 Å². The van der Waals surface area contributed by atoms with Gasteiger partial charge in [0.2, 0.25) is 0 Å². The summed E-state index contributed by atoms with van der Waals surface area (Å²) in [6, 6.07) is 4.67. The molecule has 0 aliphatic rings. The number of halogens is 2. The van der Waals surface area contributed by atoms with Crippen molar-refractivity contribution in [3.05, 3.63) is 46.4 Å². The summed E-state index contributed by atoms with van der Waals surface area (Å²) in [6.45, 7) is 1.95. The predicted molar refractivity (Wildman–Crippen MR) is 89.6 cm³/mol. The Kier molecular flexibility index (Phi) is 6.08. The molecule has 1 aromatic heterocycles. The zero-order valence-corrected chi connectivity index (χ0v) is 14.6. The second-order valence-corrected chi connectivity index (χ2v) is 6.11. The van der Waals surface area contributed by atoms with Crippen LogP contribution in [0.3, 0.4) is 0 Å². The van der Waals surface area contributed by atoms with Crippen molar-refractivity contribution in [1.29, 1.82) is 0 Å². The van der Waals surface area contributed by atoms with E-state index in [1.165, 1.54) is 28.9 Å². The number of benzene rings is 1. The van der Waals surface area contributed by atoms with Gasteiger partial charge in [0.25, 0.3) is 5.91 Å². The summed E-state index contributed by atoms with van der Waals surface area (Å²) in [5.74, 6) is -2.03. The Balaban J connectivity index is 2.17. The molecule has 0 fully saturated rings. The first-order valence-electron chi connectivity index (χ1n) is 7.47. The SMILES string of the molecule is CCCC[C@H](NC(=O)c1nn(-c2ccc(F)cc2)cc1Br)C(=O)O.